The third-order valence-electron chi connectivity index (χ3n) is 5.71. The van der Waals surface area contributed by atoms with Gasteiger partial charge in [-0.05, 0) is 55.0 Å². The maximum absolute atomic E-state index is 13.6. The van der Waals surface area contributed by atoms with Crippen LogP contribution in [0.5, 0.6) is 0 Å². The van der Waals surface area contributed by atoms with Crippen molar-refractivity contribution in [3.8, 4) is 11.3 Å². The number of carbonyl (C=O) groups excluding carboxylic acids is 1. The van der Waals surface area contributed by atoms with Gasteiger partial charge in [0.15, 0.2) is 4.80 Å². The predicted octanol–water partition coefficient (Wildman–Crippen LogP) is 5.63. The third-order valence-corrected chi connectivity index (χ3v) is 7.49. The lowest BCUT2D eigenvalue weighted by molar-refractivity contribution is -0.136. The highest BCUT2D eigenvalue weighted by Gasteiger charge is 2.33. The molecule has 0 saturated carbocycles. The Labute approximate surface area is 224 Å². The molecule has 1 aliphatic heterocycles. The van der Waals surface area contributed by atoms with Crippen molar-refractivity contribution in [2.45, 2.75) is 13.0 Å². The van der Waals surface area contributed by atoms with Crippen LogP contribution in [-0.2, 0) is 9.53 Å². The van der Waals surface area contributed by atoms with Crippen LogP contribution in [0, 0.1) is 0 Å². The van der Waals surface area contributed by atoms with E-state index in [9.17, 15) is 9.59 Å². The van der Waals surface area contributed by atoms with Crippen molar-refractivity contribution in [2.75, 3.05) is 7.11 Å². The van der Waals surface area contributed by atoms with Gasteiger partial charge in [-0.2, -0.15) is 0 Å². The average molecular weight is 560 g/mol. The second-order valence-corrected chi connectivity index (χ2v) is 10.2. The minimum Gasteiger partial charge on any atom is -0.466 e. The fourth-order valence-electron chi connectivity index (χ4n) is 4.05. The number of esters is 1. The number of thiazole rings is 1. The van der Waals surface area contributed by atoms with Crippen molar-refractivity contribution in [3.05, 3.63) is 112 Å². The van der Waals surface area contributed by atoms with E-state index in [0.29, 0.717) is 52.7 Å². The molecule has 0 amide bonds. The van der Waals surface area contributed by atoms with Gasteiger partial charge in [0, 0.05) is 21.7 Å². The smallest absolute Gasteiger partial charge is 0.338 e. The third kappa shape index (κ3) is 4.44. The second-order valence-electron chi connectivity index (χ2n) is 7.95. The average Bonchev–Trinajstić information content (AvgIpc) is 3.43. The number of nitrogens with zero attached hydrogens (tertiary/aromatic N) is 2. The van der Waals surface area contributed by atoms with Crippen LogP contribution in [0.25, 0.3) is 17.4 Å². The molecule has 1 atom stereocenters. The van der Waals surface area contributed by atoms with Crippen molar-refractivity contribution in [1.82, 2.24) is 4.57 Å². The lowest BCUT2D eigenvalue weighted by Gasteiger charge is -2.24. The number of halogens is 3. The van der Waals surface area contributed by atoms with Gasteiger partial charge < -0.3 is 9.15 Å². The second kappa shape index (κ2) is 9.75. The number of hydrogen-bond acceptors (Lipinski definition) is 6. The Morgan fingerprint density at radius 3 is 2.50 bits per heavy atom. The SMILES string of the molecule is COC(=O)C1=C(C)N=c2sc(=Cc3ccc(-c4ccc(Cl)cc4Cl)o3)c(=O)n2C1c1ccc(Cl)cc1. The number of aromatic nitrogens is 1. The normalized spacial score (nSPS) is 15.6. The molecule has 0 saturated heterocycles. The molecule has 0 N–H and O–H groups in total. The Morgan fingerprint density at radius 2 is 1.81 bits per heavy atom. The maximum atomic E-state index is 13.6. The molecular weight excluding hydrogens is 543 g/mol. The van der Waals surface area contributed by atoms with Gasteiger partial charge in [0.05, 0.1) is 34.0 Å². The summed E-state index contributed by atoms with van der Waals surface area (Å²) in [6, 6.07) is 14.9. The molecule has 1 unspecified atom stereocenters. The molecular formula is C26H17Cl3N2O4S. The molecule has 182 valence electrons. The maximum Gasteiger partial charge on any atom is 0.338 e. The van der Waals surface area contributed by atoms with Gasteiger partial charge in [0.1, 0.15) is 11.5 Å². The predicted molar refractivity (Wildman–Crippen MR) is 141 cm³/mol. The number of methoxy groups -OCH3 is 1. The lowest BCUT2D eigenvalue weighted by atomic mass is 9.96. The largest absolute Gasteiger partial charge is 0.466 e. The van der Waals surface area contributed by atoms with Crippen LogP contribution in [0.1, 0.15) is 24.3 Å². The van der Waals surface area contributed by atoms with Crippen molar-refractivity contribution < 1.29 is 13.9 Å². The van der Waals surface area contributed by atoms with E-state index in [1.165, 1.54) is 23.0 Å². The summed E-state index contributed by atoms with van der Waals surface area (Å²) >= 11 is 19.6. The summed E-state index contributed by atoms with van der Waals surface area (Å²) in [7, 11) is 1.30. The summed E-state index contributed by atoms with van der Waals surface area (Å²) < 4.78 is 12.9. The van der Waals surface area contributed by atoms with E-state index in [1.54, 1.807) is 67.6 Å². The molecule has 0 spiro atoms. The van der Waals surface area contributed by atoms with Crippen LogP contribution in [0.3, 0.4) is 0 Å². The zero-order valence-electron chi connectivity index (χ0n) is 18.9. The van der Waals surface area contributed by atoms with E-state index in [0.717, 1.165) is 0 Å². The minimum atomic E-state index is -0.715. The lowest BCUT2D eigenvalue weighted by Crippen LogP contribution is -2.39. The first-order valence-electron chi connectivity index (χ1n) is 10.7. The summed E-state index contributed by atoms with van der Waals surface area (Å²) in [5.41, 5.74) is 1.85. The molecule has 36 heavy (non-hydrogen) atoms. The quantitative estimate of drug-likeness (QED) is 0.304. The highest BCUT2D eigenvalue weighted by Crippen LogP contribution is 2.33. The topological polar surface area (TPSA) is 73.8 Å². The molecule has 2 aromatic carbocycles. The van der Waals surface area contributed by atoms with E-state index in [4.69, 9.17) is 44.0 Å². The first kappa shape index (κ1) is 24.6. The minimum absolute atomic E-state index is 0.288. The molecule has 3 heterocycles. The zero-order valence-corrected chi connectivity index (χ0v) is 22.0. The first-order valence-corrected chi connectivity index (χ1v) is 12.6. The molecule has 0 bridgehead atoms. The highest BCUT2D eigenvalue weighted by molar-refractivity contribution is 7.07. The standard InChI is InChI=1S/C26H17Cl3N2O4S/c1-13-22(25(33)34-2)23(14-3-5-15(27)6-4-14)31-24(32)21(36-26(31)30-13)12-17-8-10-20(35-17)18-9-7-16(28)11-19(18)29/h3-12,23H,1-2H3. The van der Waals surface area contributed by atoms with Gasteiger partial charge in [-0.1, -0.05) is 58.3 Å². The monoisotopic (exact) mass is 558 g/mol. The molecule has 2 aromatic heterocycles. The number of rotatable bonds is 4. The van der Waals surface area contributed by atoms with E-state index in [-0.39, 0.29) is 11.1 Å². The van der Waals surface area contributed by atoms with Crippen LogP contribution in [0.15, 0.2) is 80.1 Å². The number of hydrogen-bond donors (Lipinski definition) is 0. The Kier molecular flexibility index (Phi) is 6.66. The van der Waals surface area contributed by atoms with Crippen molar-refractivity contribution in [2.24, 2.45) is 4.99 Å². The molecule has 0 radical (unpaired) electrons. The Hall–Kier alpha value is -3.10. The summed E-state index contributed by atoms with van der Waals surface area (Å²) in [5.74, 6) is 0.452. The van der Waals surface area contributed by atoms with Crippen LogP contribution in [0.2, 0.25) is 15.1 Å². The van der Waals surface area contributed by atoms with Crippen molar-refractivity contribution in [3.63, 3.8) is 0 Å². The van der Waals surface area contributed by atoms with E-state index >= 15 is 0 Å². The molecule has 4 aromatic rings. The molecule has 0 fully saturated rings. The zero-order chi connectivity index (χ0) is 25.6. The Bertz CT molecular complexity index is 1710. The van der Waals surface area contributed by atoms with E-state index in [2.05, 4.69) is 4.99 Å². The van der Waals surface area contributed by atoms with Crippen molar-refractivity contribution in [1.29, 1.82) is 0 Å². The molecule has 10 heteroatoms. The number of ether oxygens (including phenoxy) is 1. The summed E-state index contributed by atoms with van der Waals surface area (Å²) in [5, 5.41) is 1.52. The van der Waals surface area contributed by atoms with Crippen LogP contribution in [0.4, 0.5) is 0 Å². The van der Waals surface area contributed by atoms with Gasteiger partial charge >= 0.3 is 5.97 Å². The number of furan rings is 1. The number of fused-ring (bicyclic) bond motifs is 1. The first-order chi connectivity index (χ1) is 17.3. The molecule has 1 aliphatic rings. The van der Waals surface area contributed by atoms with E-state index < -0.39 is 12.0 Å². The van der Waals surface area contributed by atoms with Crippen LogP contribution in [-0.4, -0.2) is 17.6 Å². The van der Waals surface area contributed by atoms with Crippen LogP contribution >= 0.6 is 46.1 Å². The van der Waals surface area contributed by atoms with Crippen LogP contribution < -0.4 is 14.9 Å². The summed E-state index contributed by atoms with van der Waals surface area (Å²) in [6.45, 7) is 1.72. The van der Waals surface area contributed by atoms with Crippen molar-refractivity contribution >= 4 is 58.2 Å². The number of carbonyl (C=O) groups is 1. The molecule has 6 nitrogen and oxygen atoms in total. The van der Waals surface area contributed by atoms with E-state index in [1.807, 2.05) is 0 Å². The van der Waals surface area contributed by atoms with Gasteiger partial charge in [0.25, 0.3) is 5.56 Å². The fourth-order valence-corrected chi connectivity index (χ4v) is 5.70. The Morgan fingerprint density at radius 1 is 1.08 bits per heavy atom. The molecule has 5 rings (SSSR count). The number of allylic oxidation sites excluding steroid dienone is 1. The number of benzene rings is 2. The summed E-state index contributed by atoms with van der Waals surface area (Å²) in [4.78, 5) is 31.3. The van der Waals surface area contributed by atoms with Gasteiger partial charge in [-0.25, -0.2) is 9.79 Å². The highest BCUT2D eigenvalue weighted by atomic mass is 35.5. The van der Waals surface area contributed by atoms with Gasteiger partial charge in [-0.3, -0.25) is 9.36 Å². The van der Waals surface area contributed by atoms with Gasteiger partial charge in [-0.15, -0.1) is 0 Å². The van der Waals surface area contributed by atoms with Gasteiger partial charge in [0.2, 0.25) is 0 Å². The summed E-state index contributed by atoms with van der Waals surface area (Å²) in [6.07, 6.45) is 1.65. The fraction of sp³-hybridized carbons (Fsp3) is 0.115. The Balaban J connectivity index is 1.64. The molecule has 0 aliphatic carbocycles.